The molecule has 0 unspecified atom stereocenters. The Kier molecular flexibility index (Phi) is 4.11. The SMILES string of the molecule is COc1cc([C@H]2CC(=O)Nc3c2cnn3C)ccc1OCC(N)=O. The number of ether oxygens (including phenoxy) is 2. The van der Waals surface area contributed by atoms with Gasteiger partial charge in [-0.1, -0.05) is 6.07 Å². The van der Waals surface area contributed by atoms with Gasteiger partial charge < -0.3 is 20.5 Å². The summed E-state index contributed by atoms with van der Waals surface area (Å²) in [5, 5.41) is 7.05. The first kappa shape index (κ1) is 15.9. The van der Waals surface area contributed by atoms with Gasteiger partial charge in [0.15, 0.2) is 18.1 Å². The Morgan fingerprint density at radius 2 is 2.25 bits per heavy atom. The van der Waals surface area contributed by atoms with Gasteiger partial charge in [0.1, 0.15) is 5.82 Å². The monoisotopic (exact) mass is 330 g/mol. The van der Waals surface area contributed by atoms with E-state index in [1.54, 1.807) is 30.1 Å². The fraction of sp³-hybridized carbons (Fsp3) is 0.312. The van der Waals surface area contributed by atoms with E-state index in [2.05, 4.69) is 10.4 Å². The van der Waals surface area contributed by atoms with Crippen molar-refractivity contribution in [1.82, 2.24) is 9.78 Å². The summed E-state index contributed by atoms with van der Waals surface area (Å²) in [6, 6.07) is 5.36. The van der Waals surface area contributed by atoms with Crippen LogP contribution < -0.4 is 20.5 Å². The number of hydrogen-bond donors (Lipinski definition) is 2. The van der Waals surface area contributed by atoms with Crippen LogP contribution in [0, 0.1) is 0 Å². The molecule has 8 heteroatoms. The molecule has 2 amide bonds. The second-order valence-corrected chi connectivity index (χ2v) is 5.54. The van der Waals surface area contributed by atoms with Crippen LogP contribution in [0.15, 0.2) is 24.4 Å². The molecule has 126 valence electrons. The van der Waals surface area contributed by atoms with E-state index in [-0.39, 0.29) is 18.4 Å². The number of nitrogens with two attached hydrogens (primary N) is 1. The quantitative estimate of drug-likeness (QED) is 0.841. The molecule has 1 aliphatic heterocycles. The van der Waals surface area contributed by atoms with E-state index < -0.39 is 5.91 Å². The van der Waals surface area contributed by atoms with Crippen molar-refractivity contribution in [2.75, 3.05) is 19.0 Å². The molecule has 8 nitrogen and oxygen atoms in total. The van der Waals surface area contributed by atoms with Gasteiger partial charge in [-0.05, 0) is 17.7 Å². The first-order chi connectivity index (χ1) is 11.5. The second kappa shape index (κ2) is 6.23. The van der Waals surface area contributed by atoms with Crippen LogP contribution in [-0.2, 0) is 16.6 Å². The topological polar surface area (TPSA) is 108 Å². The summed E-state index contributed by atoms with van der Waals surface area (Å²) in [4.78, 5) is 22.9. The Balaban J connectivity index is 1.95. The Bertz CT molecular complexity index is 799. The van der Waals surface area contributed by atoms with E-state index in [9.17, 15) is 9.59 Å². The summed E-state index contributed by atoms with van der Waals surface area (Å²) in [5.74, 6) is 0.844. The highest BCUT2D eigenvalue weighted by molar-refractivity contribution is 5.94. The van der Waals surface area contributed by atoms with E-state index in [4.69, 9.17) is 15.2 Å². The first-order valence-electron chi connectivity index (χ1n) is 7.40. The zero-order valence-corrected chi connectivity index (χ0v) is 13.4. The lowest BCUT2D eigenvalue weighted by Crippen LogP contribution is -2.24. The number of benzene rings is 1. The number of aryl methyl sites for hydroxylation is 1. The summed E-state index contributed by atoms with van der Waals surface area (Å²) in [7, 11) is 3.29. The number of amides is 2. The number of fused-ring (bicyclic) bond motifs is 1. The van der Waals surface area contributed by atoms with Crippen molar-refractivity contribution in [1.29, 1.82) is 0 Å². The van der Waals surface area contributed by atoms with Crippen molar-refractivity contribution in [2.24, 2.45) is 12.8 Å². The van der Waals surface area contributed by atoms with E-state index >= 15 is 0 Å². The fourth-order valence-corrected chi connectivity index (χ4v) is 2.81. The number of primary amides is 1. The largest absolute Gasteiger partial charge is 0.493 e. The van der Waals surface area contributed by atoms with Crippen LogP contribution in [0.5, 0.6) is 11.5 Å². The number of aromatic nitrogens is 2. The number of rotatable bonds is 5. The number of hydrogen-bond acceptors (Lipinski definition) is 5. The molecule has 1 aliphatic rings. The predicted molar refractivity (Wildman–Crippen MR) is 86.0 cm³/mol. The Labute approximate surface area is 138 Å². The zero-order valence-electron chi connectivity index (χ0n) is 13.4. The lowest BCUT2D eigenvalue weighted by atomic mass is 9.87. The van der Waals surface area contributed by atoms with Gasteiger partial charge in [0.2, 0.25) is 5.91 Å². The highest BCUT2D eigenvalue weighted by atomic mass is 16.5. The van der Waals surface area contributed by atoms with Gasteiger partial charge in [-0.2, -0.15) is 5.10 Å². The van der Waals surface area contributed by atoms with Crippen molar-refractivity contribution < 1.29 is 19.1 Å². The smallest absolute Gasteiger partial charge is 0.255 e. The maximum atomic E-state index is 12.0. The van der Waals surface area contributed by atoms with Crippen LogP contribution in [0.1, 0.15) is 23.5 Å². The molecule has 0 saturated carbocycles. The van der Waals surface area contributed by atoms with Crippen molar-refractivity contribution in [2.45, 2.75) is 12.3 Å². The Morgan fingerprint density at radius 1 is 1.46 bits per heavy atom. The number of anilines is 1. The lowest BCUT2D eigenvalue weighted by Gasteiger charge is -2.24. The molecule has 1 aromatic carbocycles. The minimum absolute atomic E-state index is 0.0656. The normalized spacial score (nSPS) is 16.2. The second-order valence-electron chi connectivity index (χ2n) is 5.54. The number of carbonyl (C=O) groups excluding carboxylic acids is 2. The summed E-state index contributed by atoms with van der Waals surface area (Å²) in [5.41, 5.74) is 6.94. The molecule has 0 aliphatic carbocycles. The third kappa shape index (κ3) is 2.90. The first-order valence-corrected chi connectivity index (χ1v) is 7.40. The summed E-state index contributed by atoms with van der Waals surface area (Å²) in [6.07, 6.45) is 2.08. The molecule has 2 aromatic rings. The van der Waals surface area contributed by atoms with Crippen LogP contribution in [0.25, 0.3) is 0 Å². The maximum absolute atomic E-state index is 12.0. The van der Waals surface area contributed by atoms with Crippen LogP contribution in [-0.4, -0.2) is 35.3 Å². The third-order valence-corrected chi connectivity index (χ3v) is 3.95. The number of nitrogens with one attached hydrogen (secondary N) is 1. The van der Waals surface area contributed by atoms with Gasteiger partial charge in [-0.3, -0.25) is 14.3 Å². The average molecular weight is 330 g/mol. The highest BCUT2D eigenvalue weighted by Crippen LogP contribution is 2.39. The molecule has 0 spiro atoms. The van der Waals surface area contributed by atoms with Crippen LogP contribution in [0.3, 0.4) is 0 Å². The molecule has 0 radical (unpaired) electrons. The van der Waals surface area contributed by atoms with E-state index in [0.29, 0.717) is 23.7 Å². The molecule has 1 aromatic heterocycles. The Morgan fingerprint density at radius 3 is 2.96 bits per heavy atom. The highest BCUT2D eigenvalue weighted by Gasteiger charge is 2.29. The summed E-state index contributed by atoms with van der Waals surface area (Å²) >= 11 is 0. The van der Waals surface area contributed by atoms with Crippen molar-refractivity contribution in [3.63, 3.8) is 0 Å². The zero-order chi connectivity index (χ0) is 17.3. The fourth-order valence-electron chi connectivity index (χ4n) is 2.81. The van der Waals surface area contributed by atoms with E-state index in [1.165, 1.54) is 7.11 Å². The van der Waals surface area contributed by atoms with Crippen LogP contribution in [0.2, 0.25) is 0 Å². The van der Waals surface area contributed by atoms with Gasteiger partial charge in [0, 0.05) is 24.9 Å². The van der Waals surface area contributed by atoms with E-state index in [1.807, 2.05) is 6.07 Å². The molecular weight excluding hydrogens is 312 g/mol. The molecule has 0 bridgehead atoms. The number of methoxy groups -OCH3 is 1. The van der Waals surface area contributed by atoms with Gasteiger partial charge in [0.25, 0.3) is 5.91 Å². The van der Waals surface area contributed by atoms with Crippen LogP contribution >= 0.6 is 0 Å². The van der Waals surface area contributed by atoms with Crippen LogP contribution in [0.4, 0.5) is 5.82 Å². The predicted octanol–water partition coefficient (Wildman–Crippen LogP) is 0.767. The molecule has 2 heterocycles. The van der Waals surface area contributed by atoms with Crippen molar-refractivity contribution in [3.05, 3.63) is 35.5 Å². The minimum Gasteiger partial charge on any atom is -0.493 e. The van der Waals surface area contributed by atoms with Crippen molar-refractivity contribution in [3.8, 4) is 11.5 Å². The average Bonchev–Trinajstić information content (AvgIpc) is 2.93. The minimum atomic E-state index is -0.565. The third-order valence-electron chi connectivity index (χ3n) is 3.95. The molecule has 3 rings (SSSR count). The van der Waals surface area contributed by atoms with Gasteiger partial charge >= 0.3 is 0 Å². The summed E-state index contributed by atoms with van der Waals surface area (Å²) < 4.78 is 12.3. The molecule has 0 fully saturated rings. The number of nitrogens with zero attached hydrogens (tertiary/aromatic N) is 2. The molecule has 1 atom stereocenters. The molecule has 3 N–H and O–H groups in total. The summed E-state index contributed by atoms with van der Waals surface area (Å²) in [6.45, 7) is -0.228. The van der Waals surface area contributed by atoms with Gasteiger partial charge in [-0.15, -0.1) is 0 Å². The van der Waals surface area contributed by atoms with Gasteiger partial charge in [0.05, 0.1) is 13.3 Å². The van der Waals surface area contributed by atoms with Gasteiger partial charge in [-0.25, -0.2) is 0 Å². The Hall–Kier alpha value is -3.03. The molecular formula is C16H18N4O4. The van der Waals surface area contributed by atoms with Crippen molar-refractivity contribution >= 4 is 17.6 Å². The molecule has 0 saturated heterocycles. The number of carbonyl (C=O) groups is 2. The molecule has 24 heavy (non-hydrogen) atoms. The maximum Gasteiger partial charge on any atom is 0.255 e. The standard InChI is InChI=1S/C16H18N4O4/c1-20-16-11(7-18-20)10(6-15(22)19-16)9-3-4-12(13(5-9)23-2)24-8-14(17)21/h3-5,7,10H,6,8H2,1-2H3,(H2,17,21)(H,19,22)/t10-/m1/s1. The van der Waals surface area contributed by atoms with E-state index in [0.717, 1.165) is 11.1 Å². The lowest BCUT2D eigenvalue weighted by molar-refractivity contribution is -0.120.